The topological polar surface area (TPSA) is 64.3 Å². The summed E-state index contributed by atoms with van der Waals surface area (Å²) in [7, 11) is 0. The van der Waals surface area contributed by atoms with Crippen LogP contribution in [0.4, 0.5) is 4.39 Å². The zero-order chi connectivity index (χ0) is 21.7. The Kier molecular flexibility index (Phi) is 6.99. The maximum absolute atomic E-state index is 14.1. The smallest absolute Gasteiger partial charge is 0.331 e. The van der Waals surface area contributed by atoms with Gasteiger partial charge in [0, 0.05) is 35.4 Å². The molecule has 0 spiro atoms. The molecule has 2 aromatic carbocycles. The van der Waals surface area contributed by atoms with Crippen LogP contribution in [0.1, 0.15) is 18.1 Å². The van der Waals surface area contributed by atoms with E-state index in [4.69, 9.17) is 0 Å². The molecular formula is C22H21BrFN3O3. The van der Waals surface area contributed by atoms with Crippen molar-refractivity contribution < 1.29 is 9.18 Å². The Labute approximate surface area is 181 Å². The Morgan fingerprint density at radius 3 is 2.53 bits per heavy atom. The van der Waals surface area contributed by atoms with Crippen molar-refractivity contribution in [2.24, 2.45) is 0 Å². The Balaban J connectivity index is 1.82. The Morgan fingerprint density at radius 2 is 1.83 bits per heavy atom. The van der Waals surface area contributed by atoms with Crippen LogP contribution in [0.25, 0.3) is 0 Å². The number of likely N-dealkylation sites (N-methyl/N-ethyl adjacent to an activating group) is 1. The Hall–Kier alpha value is -3.00. The lowest BCUT2D eigenvalue weighted by atomic mass is 10.2. The van der Waals surface area contributed by atoms with Gasteiger partial charge in [0.15, 0.2) is 0 Å². The van der Waals surface area contributed by atoms with E-state index in [2.05, 4.69) is 15.9 Å². The lowest BCUT2D eigenvalue weighted by molar-refractivity contribution is -0.132. The van der Waals surface area contributed by atoms with Gasteiger partial charge in [-0.05, 0) is 30.7 Å². The standard InChI is InChI=1S/C22H21BrFN3O3/c1-2-25(14-17-12-18(23)8-9-19(17)24)21(29)15-27-20(28)10-11-26(22(27)30)13-16-6-4-3-5-7-16/h3-12H,2,13-15H2,1H3. The van der Waals surface area contributed by atoms with Crippen molar-refractivity contribution in [3.63, 3.8) is 0 Å². The molecule has 0 saturated carbocycles. The second-order valence-electron chi connectivity index (χ2n) is 6.78. The summed E-state index contributed by atoms with van der Waals surface area (Å²) in [4.78, 5) is 39.3. The van der Waals surface area contributed by atoms with E-state index in [0.29, 0.717) is 16.6 Å². The van der Waals surface area contributed by atoms with E-state index in [1.54, 1.807) is 19.1 Å². The first-order chi connectivity index (χ1) is 14.4. The molecule has 0 unspecified atom stereocenters. The lowest BCUT2D eigenvalue weighted by Crippen LogP contribution is -2.44. The van der Waals surface area contributed by atoms with Crippen LogP contribution in [0.5, 0.6) is 0 Å². The molecule has 0 aliphatic carbocycles. The van der Waals surface area contributed by atoms with Crippen molar-refractivity contribution in [2.75, 3.05) is 6.54 Å². The first-order valence-corrected chi connectivity index (χ1v) is 10.2. The molecule has 1 heterocycles. The molecule has 0 radical (unpaired) electrons. The van der Waals surface area contributed by atoms with E-state index in [1.807, 2.05) is 30.3 Å². The number of benzene rings is 2. The van der Waals surface area contributed by atoms with Gasteiger partial charge in [-0.3, -0.25) is 18.7 Å². The summed E-state index contributed by atoms with van der Waals surface area (Å²) in [5.74, 6) is -0.861. The number of amides is 1. The zero-order valence-corrected chi connectivity index (χ0v) is 18.0. The highest BCUT2D eigenvalue weighted by atomic mass is 79.9. The van der Waals surface area contributed by atoms with Crippen molar-refractivity contribution >= 4 is 21.8 Å². The van der Waals surface area contributed by atoms with Gasteiger partial charge < -0.3 is 4.90 Å². The van der Waals surface area contributed by atoms with Crippen LogP contribution in [0.2, 0.25) is 0 Å². The molecular weight excluding hydrogens is 453 g/mol. The third-order valence-corrected chi connectivity index (χ3v) is 5.23. The van der Waals surface area contributed by atoms with Crippen LogP contribution in [-0.2, 0) is 24.4 Å². The summed E-state index contributed by atoms with van der Waals surface area (Å²) in [6, 6.07) is 15.1. The number of carbonyl (C=O) groups is 1. The monoisotopic (exact) mass is 473 g/mol. The van der Waals surface area contributed by atoms with Crippen molar-refractivity contribution in [1.29, 1.82) is 0 Å². The van der Waals surface area contributed by atoms with E-state index in [9.17, 15) is 18.8 Å². The molecule has 3 aromatic rings. The largest absolute Gasteiger partial charge is 0.337 e. The summed E-state index contributed by atoms with van der Waals surface area (Å²) in [6.45, 7) is 1.99. The third-order valence-electron chi connectivity index (χ3n) is 4.73. The minimum atomic E-state index is -0.565. The highest BCUT2D eigenvalue weighted by molar-refractivity contribution is 9.10. The number of rotatable bonds is 7. The van der Waals surface area contributed by atoms with Crippen LogP contribution in [0.15, 0.2) is 74.9 Å². The van der Waals surface area contributed by atoms with Crippen molar-refractivity contribution in [3.8, 4) is 0 Å². The zero-order valence-electron chi connectivity index (χ0n) is 16.4. The SMILES string of the molecule is CCN(Cc1cc(Br)ccc1F)C(=O)Cn1c(=O)ccn(Cc2ccccc2)c1=O. The van der Waals surface area contributed by atoms with Crippen LogP contribution < -0.4 is 11.2 Å². The van der Waals surface area contributed by atoms with Crippen LogP contribution in [0.3, 0.4) is 0 Å². The molecule has 0 bridgehead atoms. The third kappa shape index (κ3) is 5.13. The van der Waals surface area contributed by atoms with Gasteiger partial charge in [-0.2, -0.15) is 0 Å². The normalized spacial score (nSPS) is 10.8. The minimum absolute atomic E-state index is 0.0421. The van der Waals surface area contributed by atoms with Gasteiger partial charge in [0.2, 0.25) is 5.91 Å². The molecule has 8 heteroatoms. The fourth-order valence-electron chi connectivity index (χ4n) is 3.08. The van der Waals surface area contributed by atoms with Crippen LogP contribution in [0, 0.1) is 5.82 Å². The minimum Gasteiger partial charge on any atom is -0.337 e. The van der Waals surface area contributed by atoms with Crippen molar-refractivity contribution in [2.45, 2.75) is 26.6 Å². The van der Waals surface area contributed by atoms with Gasteiger partial charge in [-0.15, -0.1) is 0 Å². The quantitative estimate of drug-likeness (QED) is 0.529. The lowest BCUT2D eigenvalue weighted by Gasteiger charge is -2.22. The number of halogens is 2. The van der Waals surface area contributed by atoms with Gasteiger partial charge in [0.05, 0.1) is 6.54 Å². The second kappa shape index (κ2) is 9.67. The van der Waals surface area contributed by atoms with Gasteiger partial charge in [0.1, 0.15) is 12.4 Å². The van der Waals surface area contributed by atoms with E-state index >= 15 is 0 Å². The predicted molar refractivity (Wildman–Crippen MR) is 116 cm³/mol. The molecule has 3 rings (SSSR count). The fraction of sp³-hybridized carbons (Fsp3) is 0.227. The number of hydrogen-bond donors (Lipinski definition) is 0. The molecule has 0 fully saturated rings. The summed E-state index contributed by atoms with van der Waals surface area (Å²) < 4.78 is 17.1. The van der Waals surface area contributed by atoms with Gasteiger partial charge in [-0.25, -0.2) is 9.18 Å². The average Bonchev–Trinajstić information content (AvgIpc) is 2.74. The molecule has 0 aliphatic rings. The first-order valence-electron chi connectivity index (χ1n) is 9.45. The molecule has 0 N–H and O–H groups in total. The van der Waals surface area contributed by atoms with Crippen molar-refractivity contribution in [3.05, 3.63) is 103 Å². The fourth-order valence-corrected chi connectivity index (χ4v) is 3.49. The first kappa shape index (κ1) is 21.7. The van der Waals surface area contributed by atoms with Gasteiger partial charge in [-0.1, -0.05) is 46.3 Å². The maximum Gasteiger partial charge on any atom is 0.331 e. The maximum atomic E-state index is 14.1. The van der Waals surface area contributed by atoms with E-state index in [-0.39, 0.29) is 13.1 Å². The summed E-state index contributed by atoms with van der Waals surface area (Å²) in [5.41, 5.74) is 0.129. The highest BCUT2D eigenvalue weighted by Crippen LogP contribution is 2.17. The number of carbonyl (C=O) groups excluding carboxylic acids is 1. The summed E-state index contributed by atoms with van der Waals surface area (Å²) in [5, 5.41) is 0. The molecule has 30 heavy (non-hydrogen) atoms. The van der Waals surface area contributed by atoms with E-state index in [1.165, 1.54) is 27.8 Å². The molecule has 6 nitrogen and oxygen atoms in total. The molecule has 156 valence electrons. The molecule has 1 amide bonds. The van der Waals surface area contributed by atoms with Gasteiger partial charge in [0.25, 0.3) is 5.56 Å². The van der Waals surface area contributed by atoms with Crippen LogP contribution >= 0.6 is 15.9 Å². The molecule has 0 atom stereocenters. The van der Waals surface area contributed by atoms with Crippen molar-refractivity contribution in [1.82, 2.24) is 14.0 Å². The molecule has 0 aliphatic heterocycles. The predicted octanol–water partition coefficient (Wildman–Crippen LogP) is 3.01. The Bertz CT molecular complexity index is 1160. The summed E-state index contributed by atoms with van der Waals surface area (Å²) >= 11 is 3.29. The van der Waals surface area contributed by atoms with Crippen LogP contribution in [-0.4, -0.2) is 26.5 Å². The summed E-state index contributed by atoms with van der Waals surface area (Å²) in [6.07, 6.45) is 1.42. The molecule has 1 aromatic heterocycles. The Morgan fingerprint density at radius 1 is 1.10 bits per heavy atom. The van der Waals surface area contributed by atoms with E-state index in [0.717, 1.165) is 10.1 Å². The number of aromatic nitrogens is 2. The second-order valence-corrected chi connectivity index (χ2v) is 7.70. The van der Waals surface area contributed by atoms with E-state index < -0.39 is 29.5 Å². The number of nitrogens with zero attached hydrogens (tertiary/aromatic N) is 3. The number of hydrogen-bond acceptors (Lipinski definition) is 3. The van der Waals surface area contributed by atoms with Gasteiger partial charge >= 0.3 is 5.69 Å². The average molecular weight is 474 g/mol. The molecule has 0 saturated heterocycles. The highest BCUT2D eigenvalue weighted by Gasteiger charge is 2.17.